The quantitative estimate of drug-likeness (QED) is 0.226. The lowest BCUT2D eigenvalue weighted by atomic mass is 10.1. The molecule has 0 spiro atoms. The summed E-state index contributed by atoms with van der Waals surface area (Å²) in [6.07, 6.45) is 0. The largest absolute Gasteiger partial charge is 0.330 e. The third-order valence-corrected chi connectivity index (χ3v) is 7.50. The van der Waals surface area contributed by atoms with E-state index in [-0.39, 0.29) is 11.0 Å². The summed E-state index contributed by atoms with van der Waals surface area (Å²) in [6.45, 7) is 7.93. The van der Waals surface area contributed by atoms with Crippen LogP contribution in [0.3, 0.4) is 0 Å². The second-order valence-electron chi connectivity index (χ2n) is 7.53. The molecule has 0 aliphatic heterocycles. The highest BCUT2D eigenvalue weighted by molar-refractivity contribution is 8.02. The minimum absolute atomic E-state index is 0.0759. The zero-order valence-electron chi connectivity index (χ0n) is 18.2. The minimum Gasteiger partial charge on any atom is -0.330 e. The first-order chi connectivity index (χ1) is 15.3. The van der Waals surface area contributed by atoms with E-state index in [4.69, 9.17) is 11.6 Å². The van der Waals surface area contributed by atoms with Crippen LogP contribution in [0.5, 0.6) is 0 Å². The van der Waals surface area contributed by atoms with Gasteiger partial charge in [0, 0.05) is 33.3 Å². The number of para-hydroxylation sites is 1. The summed E-state index contributed by atoms with van der Waals surface area (Å²) in [5.74, 6) is 0.0759. The molecular weight excluding hydrogens is 460 g/mol. The van der Waals surface area contributed by atoms with E-state index in [1.807, 2.05) is 82.3 Å². The lowest BCUT2D eigenvalue weighted by Gasteiger charge is -2.11. The predicted molar refractivity (Wildman–Crippen MR) is 134 cm³/mol. The van der Waals surface area contributed by atoms with Crippen LogP contribution < -0.4 is 5.32 Å². The van der Waals surface area contributed by atoms with Crippen molar-refractivity contribution in [2.75, 3.05) is 5.32 Å². The molecule has 0 aliphatic carbocycles. The van der Waals surface area contributed by atoms with Crippen LogP contribution in [0.25, 0.3) is 5.69 Å². The molecule has 0 saturated carbocycles. The van der Waals surface area contributed by atoms with Gasteiger partial charge in [0.2, 0.25) is 5.13 Å². The number of benzene rings is 2. The molecule has 4 aromatic rings. The maximum Gasteiger partial charge on any atom is 0.210 e. The van der Waals surface area contributed by atoms with E-state index in [0.29, 0.717) is 10.2 Å². The first-order valence-corrected chi connectivity index (χ1v) is 12.2. The Labute approximate surface area is 200 Å². The number of hydrogen-bond acceptors (Lipinski definition) is 6. The van der Waals surface area contributed by atoms with E-state index < -0.39 is 0 Å². The third-order valence-electron chi connectivity index (χ3n) is 5.22. The molecule has 1 N–H and O–H groups in total. The molecule has 0 bridgehead atoms. The zero-order valence-corrected chi connectivity index (χ0v) is 20.6. The van der Waals surface area contributed by atoms with Gasteiger partial charge in [0.1, 0.15) is 0 Å². The van der Waals surface area contributed by atoms with Gasteiger partial charge in [-0.15, -0.1) is 10.2 Å². The highest BCUT2D eigenvalue weighted by Gasteiger charge is 2.23. The highest BCUT2D eigenvalue weighted by Crippen LogP contribution is 2.33. The van der Waals surface area contributed by atoms with Gasteiger partial charge in [0.05, 0.1) is 5.25 Å². The average Bonchev–Trinajstić information content (AvgIpc) is 3.33. The van der Waals surface area contributed by atoms with Crippen LogP contribution in [0, 0.1) is 20.8 Å². The molecule has 0 amide bonds. The van der Waals surface area contributed by atoms with Gasteiger partial charge in [-0.1, -0.05) is 52.9 Å². The van der Waals surface area contributed by atoms with Crippen LogP contribution in [0.2, 0.25) is 5.02 Å². The van der Waals surface area contributed by atoms with E-state index in [2.05, 4.69) is 20.1 Å². The van der Waals surface area contributed by atoms with E-state index in [1.54, 1.807) is 0 Å². The summed E-state index contributed by atoms with van der Waals surface area (Å²) in [5, 5.41) is 12.9. The smallest absolute Gasteiger partial charge is 0.210 e. The summed E-state index contributed by atoms with van der Waals surface area (Å²) in [6, 6.07) is 17.6. The lowest BCUT2D eigenvalue weighted by Crippen LogP contribution is -2.14. The number of nitrogens with zero attached hydrogens (tertiary/aromatic N) is 3. The number of carbonyl (C=O) groups is 1. The minimum atomic E-state index is -0.284. The summed E-state index contributed by atoms with van der Waals surface area (Å²) in [5.41, 5.74) is 5.77. The number of carbonyl (C=O) groups excluding carboxylic acids is 1. The number of thioether (sulfide) groups is 1. The Bertz CT molecular complexity index is 1260. The maximum absolute atomic E-state index is 13.2. The van der Waals surface area contributed by atoms with Crippen molar-refractivity contribution in [3.05, 3.63) is 82.1 Å². The number of anilines is 2. The number of halogens is 1. The number of hydrogen-bond donors (Lipinski definition) is 1. The lowest BCUT2D eigenvalue weighted by molar-refractivity contribution is 0.0993. The second kappa shape index (κ2) is 9.48. The Balaban J connectivity index is 1.49. The van der Waals surface area contributed by atoms with Crippen molar-refractivity contribution in [3.63, 3.8) is 0 Å². The molecule has 0 aliphatic rings. The van der Waals surface area contributed by atoms with Crippen molar-refractivity contribution in [1.29, 1.82) is 0 Å². The van der Waals surface area contributed by atoms with Crippen molar-refractivity contribution < 1.29 is 4.79 Å². The van der Waals surface area contributed by atoms with Gasteiger partial charge in [-0.2, -0.15) is 0 Å². The molecule has 0 saturated heterocycles. The van der Waals surface area contributed by atoms with Gasteiger partial charge in [-0.25, -0.2) is 0 Å². The van der Waals surface area contributed by atoms with Crippen LogP contribution in [-0.2, 0) is 0 Å². The number of Topliss-reactive ketones (excluding diaryl/α,β-unsaturated/α-hetero) is 1. The van der Waals surface area contributed by atoms with Gasteiger partial charge in [0.15, 0.2) is 10.1 Å². The molecule has 4 rings (SSSR count). The Kier molecular flexibility index (Phi) is 6.69. The summed E-state index contributed by atoms with van der Waals surface area (Å²) in [7, 11) is 0. The average molecular weight is 483 g/mol. The number of aryl methyl sites for hydroxylation is 2. The van der Waals surface area contributed by atoms with Gasteiger partial charge >= 0.3 is 0 Å². The zero-order chi connectivity index (χ0) is 22.8. The molecule has 2 heterocycles. The Hall–Kier alpha value is -2.61. The first kappa shape index (κ1) is 22.6. The monoisotopic (exact) mass is 482 g/mol. The summed E-state index contributed by atoms with van der Waals surface area (Å²) < 4.78 is 2.84. The third kappa shape index (κ3) is 4.75. The second-order valence-corrected chi connectivity index (χ2v) is 10.5. The molecule has 0 unspecified atom stereocenters. The number of aromatic nitrogens is 3. The van der Waals surface area contributed by atoms with Crippen LogP contribution in [0.4, 0.5) is 10.8 Å². The number of nitrogens with one attached hydrogen (secondary N) is 1. The summed E-state index contributed by atoms with van der Waals surface area (Å²) >= 11 is 8.91. The van der Waals surface area contributed by atoms with E-state index in [1.165, 1.54) is 23.1 Å². The molecule has 2 aromatic heterocycles. The van der Waals surface area contributed by atoms with Crippen LogP contribution in [0.1, 0.15) is 34.2 Å². The maximum atomic E-state index is 13.2. The topological polar surface area (TPSA) is 59.8 Å². The van der Waals surface area contributed by atoms with E-state index >= 15 is 0 Å². The first-order valence-electron chi connectivity index (χ1n) is 10.2. The molecule has 1 atom stereocenters. The fourth-order valence-electron chi connectivity index (χ4n) is 3.56. The van der Waals surface area contributed by atoms with Gasteiger partial charge in [0.25, 0.3) is 0 Å². The summed E-state index contributed by atoms with van der Waals surface area (Å²) in [4.78, 5) is 13.2. The Morgan fingerprint density at radius 2 is 1.81 bits per heavy atom. The highest BCUT2D eigenvalue weighted by atomic mass is 35.5. The number of rotatable bonds is 7. The van der Waals surface area contributed by atoms with Crippen LogP contribution in [0.15, 0.2) is 58.9 Å². The van der Waals surface area contributed by atoms with Gasteiger partial charge < -0.3 is 9.88 Å². The molecule has 2 aromatic carbocycles. The predicted octanol–water partition coefficient (Wildman–Crippen LogP) is 7.01. The van der Waals surface area contributed by atoms with Crippen LogP contribution in [-0.4, -0.2) is 25.8 Å². The molecule has 5 nitrogen and oxygen atoms in total. The van der Waals surface area contributed by atoms with Crippen molar-refractivity contribution in [3.8, 4) is 5.69 Å². The number of ketones is 1. The van der Waals surface area contributed by atoms with Gasteiger partial charge in [-0.05, 0) is 69.7 Å². The molecular formula is C24H23ClN4OS2. The fraction of sp³-hybridized carbons (Fsp3) is 0.208. The SMILES string of the molecule is Cc1ccccc1Nc1nnc(S[C@@H](C)C(=O)c2cc(C)n(-c3ccc(Cl)cc3)c2C)s1. The van der Waals surface area contributed by atoms with Crippen molar-refractivity contribution >= 4 is 51.3 Å². The van der Waals surface area contributed by atoms with Crippen LogP contribution >= 0.6 is 34.7 Å². The molecule has 164 valence electrons. The Morgan fingerprint density at radius 1 is 1.09 bits per heavy atom. The fourth-order valence-corrected chi connectivity index (χ4v) is 5.66. The van der Waals surface area contributed by atoms with Crippen molar-refractivity contribution in [2.45, 2.75) is 37.3 Å². The molecule has 0 fully saturated rings. The van der Waals surface area contributed by atoms with E-state index in [9.17, 15) is 4.79 Å². The normalized spacial score (nSPS) is 12.0. The molecule has 8 heteroatoms. The van der Waals surface area contributed by atoms with E-state index in [0.717, 1.165) is 38.2 Å². The van der Waals surface area contributed by atoms with Crippen molar-refractivity contribution in [2.24, 2.45) is 0 Å². The molecule has 32 heavy (non-hydrogen) atoms. The van der Waals surface area contributed by atoms with Crippen molar-refractivity contribution in [1.82, 2.24) is 14.8 Å². The van der Waals surface area contributed by atoms with Gasteiger partial charge in [-0.3, -0.25) is 4.79 Å². The Morgan fingerprint density at radius 3 is 2.53 bits per heavy atom. The molecule has 0 radical (unpaired) electrons. The standard InChI is InChI=1S/C24H23ClN4OS2/c1-14-7-5-6-8-21(14)26-23-27-28-24(32-23)31-17(4)22(30)20-13-15(2)29(16(20)3)19-11-9-18(25)10-12-19/h5-13,17H,1-4H3,(H,26,27)/t17-/m0/s1.